The van der Waals surface area contributed by atoms with Crippen molar-refractivity contribution in [3.63, 3.8) is 0 Å². The molecule has 1 rings (SSSR count). The minimum atomic E-state index is -1.12. The molecule has 1 aliphatic rings. The van der Waals surface area contributed by atoms with Crippen LogP contribution in [0.1, 0.15) is 32.6 Å². The molecule has 0 aromatic heterocycles. The molecule has 11 nitrogen and oxygen atoms in total. The van der Waals surface area contributed by atoms with Crippen LogP contribution < -0.4 is 22.1 Å². The molecule has 1 aliphatic heterocycles. The molecule has 0 bridgehead atoms. The number of rotatable bonds is 9. The second-order valence-corrected chi connectivity index (χ2v) is 6.16. The molecule has 0 saturated carbocycles. The number of primary amides is 1. The number of aliphatic carboxylic acids is 1. The fourth-order valence-corrected chi connectivity index (χ4v) is 2.61. The zero-order chi connectivity index (χ0) is 19.9. The first-order valence-electron chi connectivity index (χ1n) is 8.27. The lowest BCUT2D eigenvalue weighted by Crippen LogP contribution is -2.53. The van der Waals surface area contributed by atoms with Gasteiger partial charge < -0.3 is 32.1 Å². The third-order valence-electron chi connectivity index (χ3n) is 3.97. The number of nitrogens with one attached hydrogen (secondary N) is 2. The molecule has 0 spiro atoms. The number of likely N-dealkylation sites (tertiary alicyclic amines) is 1. The molecule has 3 unspecified atom stereocenters. The van der Waals surface area contributed by atoms with Crippen molar-refractivity contribution in [3.05, 3.63) is 0 Å². The van der Waals surface area contributed by atoms with Gasteiger partial charge in [0.15, 0.2) is 0 Å². The Morgan fingerprint density at radius 3 is 2.46 bits per heavy atom. The highest BCUT2D eigenvalue weighted by molar-refractivity contribution is 5.93. The van der Waals surface area contributed by atoms with Crippen LogP contribution in [0, 0.1) is 0 Å². The van der Waals surface area contributed by atoms with E-state index in [2.05, 4.69) is 10.6 Å². The highest BCUT2D eigenvalue weighted by Gasteiger charge is 2.37. The lowest BCUT2D eigenvalue weighted by Gasteiger charge is -2.27. The topological polar surface area (TPSA) is 185 Å². The van der Waals surface area contributed by atoms with Crippen molar-refractivity contribution in [1.29, 1.82) is 0 Å². The van der Waals surface area contributed by atoms with Gasteiger partial charge in [-0.15, -0.1) is 0 Å². The molecule has 1 fully saturated rings. The zero-order valence-electron chi connectivity index (χ0n) is 14.6. The van der Waals surface area contributed by atoms with Gasteiger partial charge in [-0.1, -0.05) is 0 Å². The fraction of sp³-hybridized carbons (Fsp3) is 0.667. The zero-order valence-corrected chi connectivity index (χ0v) is 14.6. The number of carbonyl (C=O) groups excluding carboxylic acids is 4. The number of hydrogen-bond donors (Lipinski definition) is 5. The SMILES string of the molecule is CC(N)C(=O)NCC(=O)NC(CCC(N)=O)C(=O)N1CCCC1C(=O)O. The summed E-state index contributed by atoms with van der Waals surface area (Å²) in [6, 6.07) is -2.87. The number of carboxylic acids is 1. The molecular weight excluding hydrogens is 346 g/mol. The molecule has 7 N–H and O–H groups in total. The van der Waals surface area contributed by atoms with Crippen LogP contribution in [0.3, 0.4) is 0 Å². The maximum absolute atomic E-state index is 12.6. The Labute approximate surface area is 150 Å². The van der Waals surface area contributed by atoms with Gasteiger partial charge in [-0.2, -0.15) is 0 Å². The van der Waals surface area contributed by atoms with E-state index in [0.717, 1.165) is 0 Å². The normalized spacial score (nSPS) is 18.7. The molecule has 0 radical (unpaired) electrons. The Hall–Kier alpha value is -2.69. The minimum absolute atomic E-state index is 0.0655. The molecule has 11 heteroatoms. The molecule has 1 saturated heterocycles. The van der Waals surface area contributed by atoms with Crippen LogP contribution in [-0.2, 0) is 24.0 Å². The van der Waals surface area contributed by atoms with Crippen LogP contribution in [0.2, 0.25) is 0 Å². The number of nitrogens with zero attached hydrogens (tertiary/aromatic N) is 1. The molecule has 26 heavy (non-hydrogen) atoms. The fourth-order valence-electron chi connectivity index (χ4n) is 2.61. The van der Waals surface area contributed by atoms with Crippen molar-refractivity contribution in [3.8, 4) is 0 Å². The summed E-state index contributed by atoms with van der Waals surface area (Å²) < 4.78 is 0. The van der Waals surface area contributed by atoms with Crippen LogP contribution in [0.4, 0.5) is 0 Å². The van der Waals surface area contributed by atoms with E-state index in [9.17, 15) is 29.1 Å². The minimum Gasteiger partial charge on any atom is -0.480 e. The van der Waals surface area contributed by atoms with Gasteiger partial charge in [0.05, 0.1) is 12.6 Å². The van der Waals surface area contributed by atoms with E-state index in [0.29, 0.717) is 12.8 Å². The quantitative estimate of drug-likeness (QED) is 0.291. The maximum atomic E-state index is 12.6. The second-order valence-electron chi connectivity index (χ2n) is 6.16. The van der Waals surface area contributed by atoms with E-state index in [-0.39, 0.29) is 19.4 Å². The van der Waals surface area contributed by atoms with Gasteiger partial charge in [0, 0.05) is 13.0 Å². The van der Waals surface area contributed by atoms with Crippen LogP contribution in [0.25, 0.3) is 0 Å². The molecule has 0 aromatic carbocycles. The monoisotopic (exact) mass is 371 g/mol. The number of nitrogens with two attached hydrogens (primary N) is 2. The van der Waals surface area contributed by atoms with Crippen LogP contribution in [-0.4, -0.2) is 70.8 Å². The van der Waals surface area contributed by atoms with E-state index in [1.807, 2.05) is 0 Å². The molecule has 3 atom stereocenters. The predicted molar refractivity (Wildman–Crippen MR) is 89.4 cm³/mol. The van der Waals surface area contributed by atoms with Crippen LogP contribution >= 0.6 is 0 Å². The summed E-state index contributed by atoms with van der Waals surface area (Å²) in [6.45, 7) is 1.30. The Morgan fingerprint density at radius 1 is 1.27 bits per heavy atom. The summed E-state index contributed by atoms with van der Waals surface area (Å²) in [7, 11) is 0. The van der Waals surface area contributed by atoms with Gasteiger partial charge in [-0.25, -0.2) is 4.79 Å². The molecule has 0 aromatic rings. The predicted octanol–water partition coefficient (Wildman–Crippen LogP) is -2.72. The van der Waals surface area contributed by atoms with E-state index in [1.54, 1.807) is 0 Å². The van der Waals surface area contributed by atoms with Crippen LogP contribution in [0.5, 0.6) is 0 Å². The van der Waals surface area contributed by atoms with E-state index in [1.165, 1.54) is 11.8 Å². The lowest BCUT2D eigenvalue weighted by atomic mass is 10.1. The lowest BCUT2D eigenvalue weighted by molar-refractivity contribution is -0.149. The van der Waals surface area contributed by atoms with Crippen molar-refractivity contribution in [2.75, 3.05) is 13.1 Å². The van der Waals surface area contributed by atoms with Gasteiger partial charge in [0.25, 0.3) is 0 Å². The summed E-state index contributed by atoms with van der Waals surface area (Å²) in [6.07, 6.45) is 0.629. The summed E-state index contributed by atoms with van der Waals surface area (Å²) in [5.74, 6) is -3.57. The van der Waals surface area contributed by atoms with Crippen LogP contribution in [0.15, 0.2) is 0 Å². The van der Waals surface area contributed by atoms with E-state index in [4.69, 9.17) is 11.5 Å². The van der Waals surface area contributed by atoms with Gasteiger partial charge >= 0.3 is 5.97 Å². The van der Waals surface area contributed by atoms with Crippen molar-refractivity contribution in [2.45, 2.75) is 50.7 Å². The first kappa shape index (κ1) is 21.4. The largest absolute Gasteiger partial charge is 0.480 e. The summed E-state index contributed by atoms with van der Waals surface area (Å²) in [5.41, 5.74) is 10.5. The first-order valence-corrected chi connectivity index (χ1v) is 8.27. The number of amides is 4. The molecule has 1 heterocycles. The number of carbonyl (C=O) groups is 5. The van der Waals surface area contributed by atoms with Gasteiger partial charge in [-0.3, -0.25) is 19.2 Å². The number of carboxylic acid groups (broad SMARTS) is 1. The second kappa shape index (κ2) is 9.70. The van der Waals surface area contributed by atoms with Crippen molar-refractivity contribution in [1.82, 2.24) is 15.5 Å². The third kappa shape index (κ3) is 6.31. The standard InChI is InChI=1S/C15H25N5O6/c1-8(16)13(23)18-7-12(22)19-9(4-5-11(17)21)14(24)20-6-2-3-10(20)15(25)26/h8-10H,2-7,16H2,1H3,(H2,17,21)(H,18,23)(H,19,22)(H,25,26). The van der Waals surface area contributed by atoms with Crippen molar-refractivity contribution >= 4 is 29.6 Å². The Kier molecular flexibility index (Phi) is 7.97. The maximum Gasteiger partial charge on any atom is 0.326 e. The summed E-state index contributed by atoms with van der Waals surface area (Å²) in [4.78, 5) is 59.5. The van der Waals surface area contributed by atoms with E-state index >= 15 is 0 Å². The highest BCUT2D eigenvalue weighted by atomic mass is 16.4. The van der Waals surface area contributed by atoms with Crippen molar-refractivity contribution < 1.29 is 29.1 Å². The van der Waals surface area contributed by atoms with E-state index < -0.39 is 54.3 Å². The Morgan fingerprint density at radius 2 is 1.92 bits per heavy atom. The number of hydrogen-bond acceptors (Lipinski definition) is 6. The summed E-state index contributed by atoms with van der Waals surface area (Å²) in [5, 5.41) is 13.9. The average Bonchev–Trinajstić information content (AvgIpc) is 3.05. The Bertz CT molecular complexity index is 579. The highest BCUT2D eigenvalue weighted by Crippen LogP contribution is 2.19. The molecule has 4 amide bonds. The molecular formula is C15H25N5O6. The van der Waals surface area contributed by atoms with Crippen molar-refractivity contribution in [2.24, 2.45) is 11.5 Å². The molecule has 146 valence electrons. The summed E-state index contributed by atoms with van der Waals surface area (Å²) >= 11 is 0. The van der Waals surface area contributed by atoms with Gasteiger partial charge in [-0.05, 0) is 26.2 Å². The smallest absolute Gasteiger partial charge is 0.326 e. The third-order valence-corrected chi connectivity index (χ3v) is 3.97. The first-order chi connectivity index (χ1) is 12.1. The molecule has 0 aliphatic carbocycles. The van der Waals surface area contributed by atoms with Gasteiger partial charge in [0.1, 0.15) is 12.1 Å². The van der Waals surface area contributed by atoms with Gasteiger partial charge in [0.2, 0.25) is 23.6 Å². The average molecular weight is 371 g/mol. The Balaban J connectivity index is 2.75.